The molecule has 0 atom stereocenters. The summed E-state index contributed by atoms with van der Waals surface area (Å²) in [6.07, 6.45) is 12.3. The second-order valence-corrected chi connectivity index (χ2v) is 8.96. The molecule has 0 aromatic heterocycles. The Bertz CT molecular complexity index is 543. The number of aliphatic hydroxyl groups is 1. The molecular formula is C22H42CaO4S. The molecule has 0 spiro atoms. The standard InChI is InChI=1S/C18H30O3S.C4H10O.Ca.2H/c1-2-3-4-5-6-7-8-9-10-14-17-21-22(19,20)18-15-12-11-13-16-18;1-4(2)3-5;;;/h11-13,15-16H,2-10,14,17H2,1H3;4-5H,3H2,1-2H3;;;/q;;+2;2*-1. The van der Waals surface area contributed by atoms with Crippen molar-refractivity contribution >= 4 is 47.9 Å². The van der Waals surface area contributed by atoms with Crippen LogP contribution in [0.15, 0.2) is 35.2 Å². The predicted molar refractivity (Wildman–Crippen MR) is 121 cm³/mol. The van der Waals surface area contributed by atoms with Crippen LogP contribution in [0.2, 0.25) is 0 Å². The van der Waals surface area contributed by atoms with Crippen molar-refractivity contribution in [1.82, 2.24) is 0 Å². The molecule has 28 heavy (non-hydrogen) atoms. The van der Waals surface area contributed by atoms with Crippen LogP contribution in [-0.2, 0) is 14.3 Å². The van der Waals surface area contributed by atoms with Crippen molar-refractivity contribution in [2.24, 2.45) is 5.92 Å². The van der Waals surface area contributed by atoms with Gasteiger partial charge >= 0.3 is 37.7 Å². The van der Waals surface area contributed by atoms with Crippen LogP contribution < -0.4 is 0 Å². The molecule has 0 heterocycles. The summed E-state index contributed by atoms with van der Waals surface area (Å²) in [5.74, 6) is 0.440. The van der Waals surface area contributed by atoms with Crippen molar-refractivity contribution < 1.29 is 20.6 Å². The van der Waals surface area contributed by atoms with Crippen LogP contribution in [0.5, 0.6) is 0 Å². The van der Waals surface area contributed by atoms with Gasteiger partial charge in [-0.1, -0.05) is 96.8 Å². The molecule has 1 aromatic carbocycles. The van der Waals surface area contributed by atoms with E-state index < -0.39 is 10.1 Å². The van der Waals surface area contributed by atoms with Crippen molar-refractivity contribution in [3.8, 4) is 0 Å². The van der Waals surface area contributed by atoms with Gasteiger partial charge in [0, 0.05) is 6.61 Å². The molecule has 0 saturated carbocycles. The van der Waals surface area contributed by atoms with Crippen LogP contribution in [0.1, 0.15) is 87.8 Å². The van der Waals surface area contributed by atoms with Crippen LogP contribution in [0, 0.1) is 5.92 Å². The summed E-state index contributed by atoms with van der Waals surface area (Å²) in [5, 5.41) is 8.14. The van der Waals surface area contributed by atoms with E-state index in [1.807, 2.05) is 13.8 Å². The Labute approximate surface area is 206 Å². The Balaban J connectivity index is -0.000000378. The Morgan fingerprint density at radius 2 is 1.32 bits per heavy atom. The van der Waals surface area contributed by atoms with Gasteiger partial charge in [0.05, 0.1) is 11.5 Å². The van der Waals surface area contributed by atoms with Crippen molar-refractivity contribution in [3.05, 3.63) is 30.3 Å². The molecule has 0 aliphatic heterocycles. The Hall–Kier alpha value is 0.350. The minimum absolute atomic E-state index is 0. The fourth-order valence-corrected chi connectivity index (χ4v) is 3.38. The van der Waals surface area contributed by atoms with E-state index >= 15 is 0 Å². The van der Waals surface area contributed by atoms with E-state index in [0.717, 1.165) is 12.8 Å². The van der Waals surface area contributed by atoms with Crippen molar-refractivity contribution in [1.29, 1.82) is 0 Å². The van der Waals surface area contributed by atoms with Gasteiger partial charge in [-0.25, -0.2) is 0 Å². The first-order chi connectivity index (χ1) is 12.9. The molecule has 0 aliphatic rings. The quantitative estimate of drug-likeness (QED) is 0.225. The van der Waals surface area contributed by atoms with E-state index in [1.54, 1.807) is 30.3 Å². The van der Waals surface area contributed by atoms with Crippen LogP contribution >= 0.6 is 0 Å². The maximum Gasteiger partial charge on any atom is 2.00 e. The van der Waals surface area contributed by atoms with E-state index in [-0.39, 0.29) is 52.1 Å². The SMILES string of the molecule is CC(C)CO.CCCCCCCCCCCCOS(=O)(=O)c1ccccc1.[Ca+2].[H-].[H-]. The zero-order chi connectivity index (χ0) is 20.4. The van der Waals surface area contributed by atoms with E-state index in [4.69, 9.17) is 9.29 Å². The second-order valence-electron chi connectivity index (χ2n) is 7.35. The van der Waals surface area contributed by atoms with Crippen LogP contribution in [0.3, 0.4) is 0 Å². The Kier molecular flexibility index (Phi) is 22.5. The van der Waals surface area contributed by atoms with Gasteiger partial charge in [0.1, 0.15) is 0 Å². The van der Waals surface area contributed by atoms with E-state index in [1.165, 1.54) is 51.4 Å². The molecule has 1 N–H and O–H groups in total. The zero-order valence-corrected chi connectivity index (χ0v) is 21.3. The average molecular weight is 443 g/mol. The first-order valence-corrected chi connectivity index (χ1v) is 11.9. The van der Waals surface area contributed by atoms with Gasteiger partial charge in [0.2, 0.25) is 0 Å². The summed E-state index contributed by atoms with van der Waals surface area (Å²) in [4.78, 5) is 0.238. The van der Waals surface area contributed by atoms with E-state index in [2.05, 4.69) is 6.92 Å². The fraction of sp³-hybridized carbons (Fsp3) is 0.727. The van der Waals surface area contributed by atoms with Crippen LogP contribution in [-0.4, -0.2) is 64.5 Å². The van der Waals surface area contributed by atoms with E-state index in [9.17, 15) is 8.42 Å². The number of hydrogen-bond donors (Lipinski definition) is 1. The Morgan fingerprint density at radius 1 is 0.893 bits per heavy atom. The number of rotatable bonds is 14. The van der Waals surface area contributed by atoms with Crippen LogP contribution in [0.25, 0.3) is 0 Å². The van der Waals surface area contributed by atoms with Gasteiger partial charge < -0.3 is 7.96 Å². The van der Waals surface area contributed by atoms with Gasteiger partial charge in [0.25, 0.3) is 10.1 Å². The minimum atomic E-state index is -3.57. The number of hydrogen-bond acceptors (Lipinski definition) is 4. The minimum Gasteiger partial charge on any atom is -1.00 e. The van der Waals surface area contributed by atoms with Crippen molar-refractivity contribution in [2.75, 3.05) is 13.2 Å². The Morgan fingerprint density at radius 3 is 1.75 bits per heavy atom. The molecular weight excluding hydrogens is 400 g/mol. The molecule has 1 rings (SSSR count). The molecule has 0 unspecified atom stereocenters. The fourth-order valence-electron chi connectivity index (χ4n) is 2.41. The van der Waals surface area contributed by atoms with Gasteiger partial charge in [0.15, 0.2) is 0 Å². The van der Waals surface area contributed by atoms with Gasteiger partial charge in [-0.05, 0) is 24.5 Å². The number of aliphatic hydroxyl groups excluding tert-OH is 1. The summed E-state index contributed by atoms with van der Waals surface area (Å²) >= 11 is 0. The zero-order valence-electron chi connectivity index (χ0n) is 20.2. The first kappa shape index (κ1) is 30.5. The molecule has 0 fully saturated rings. The average Bonchev–Trinajstić information content (AvgIpc) is 2.67. The summed E-state index contributed by atoms with van der Waals surface area (Å²) in [6.45, 7) is 6.77. The molecule has 6 heteroatoms. The second kappa shape index (κ2) is 20.6. The summed E-state index contributed by atoms with van der Waals surface area (Å²) < 4.78 is 28.8. The first-order valence-electron chi connectivity index (χ1n) is 10.5. The predicted octanol–water partition coefficient (Wildman–Crippen LogP) is 5.79. The molecule has 0 aliphatic carbocycles. The third-order valence-corrected chi connectivity index (χ3v) is 5.46. The van der Waals surface area contributed by atoms with Crippen molar-refractivity contribution in [3.63, 3.8) is 0 Å². The van der Waals surface area contributed by atoms with Crippen molar-refractivity contribution in [2.45, 2.75) is 89.9 Å². The number of benzene rings is 1. The normalized spacial score (nSPS) is 10.9. The maximum absolute atomic E-state index is 11.9. The third kappa shape index (κ3) is 18.4. The summed E-state index contributed by atoms with van der Waals surface area (Å²) in [6, 6.07) is 8.33. The van der Waals surface area contributed by atoms with Gasteiger partial charge in [-0.15, -0.1) is 0 Å². The molecule has 4 nitrogen and oxygen atoms in total. The monoisotopic (exact) mass is 442 g/mol. The van der Waals surface area contributed by atoms with Crippen LogP contribution in [0.4, 0.5) is 0 Å². The smallest absolute Gasteiger partial charge is 1.00 e. The third-order valence-electron chi connectivity index (χ3n) is 4.13. The molecule has 0 bridgehead atoms. The van der Waals surface area contributed by atoms with E-state index in [0.29, 0.717) is 12.5 Å². The van der Waals surface area contributed by atoms with Gasteiger partial charge in [-0.2, -0.15) is 8.42 Å². The molecule has 0 radical (unpaired) electrons. The summed E-state index contributed by atoms with van der Waals surface area (Å²) in [5.41, 5.74) is 0. The summed E-state index contributed by atoms with van der Waals surface area (Å²) in [7, 11) is -3.57. The number of unbranched alkanes of at least 4 members (excludes halogenated alkanes) is 9. The maximum atomic E-state index is 11.9. The largest absolute Gasteiger partial charge is 2.00 e. The molecule has 0 saturated heterocycles. The van der Waals surface area contributed by atoms with Gasteiger partial charge in [-0.3, -0.25) is 4.18 Å². The molecule has 1 aromatic rings. The topological polar surface area (TPSA) is 63.6 Å². The molecule has 162 valence electrons. The molecule has 0 amide bonds.